The molecule has 6 nitrogen and oxygen atoms in total. The summed E-state index contributed by atoms with van der Waals surface area (Å²) in [4.78, 5) is 21.1. The largest absolute Gasteiger partial charge is 0.493 e. The Morgan fingerprint density at radius 1 is 1.53 bits per heavy atom. The molecule has 1 aromatic rings. The molecule has 0 saturated carbocycles. The lowest BCUT2D eigenvalue weighted by atomic mass is 10.2. The Balaban J connectivity index is 3.49. The second-order valence-electron chi connectivity index (χ2n) is 3.04. The predicted molar refractivity (Wildman–Crippen MR) is 64.0 cm³/mol. The summed E-state index contributed by atoms with van der Waals surface area (Å²) in [6, 6.07) is 1.21. The molecule has 0 atom stereocenters. The molecule has 0 radical (unpaired) electrons. The smallest absolute Gasteiger partial charge is 0.315 e. The van der Waals surface area contributed by atoms with Crippen LogP contribution in [0.4, 0.5) is 11.4 Å². The van der Waals surface area contributed by atoms with Crippen molar-refractivity contribution in [3.63, 3.8) is 0 Å². The SMILES string of the molecule is COc1c(Cl)cc(NC(C)=O)c([N+](=O)[O-])c1Cl. The molecule has 0 aliphatic heterocycles. The first-order chi connectivity index (χ1) is 7.88. The number of nitrogens with one attached hydrogen (secondary N) is 1. The highest BCUT2D eigenvalue weighted by atomic mass is 35.5. The topological polar surface area (TPSA) is 81.5 Å². The second-order valence-corrected chi connectivity index (χ2v) is 3.83. The quantitative estimate of drug-likeness (QED) is 0.681. The zero-order chi connectivity index (χ0) is 13.2. The van der Waals surface area contributed by atoms with Gasteiger partial charge >= 0.3 is 5.69 Å². The Hall–Kier alpha value is -1.53. The van der Waals surface area contributed by atoms with Crippen molar-refractivity contribution in [1.29, 1.82) is 0 Å². The summed E-state index contributed by atoms with van der Waals surface area (Å²) in [7, 11) is 1.29. The van der Waals surface area contributed by atoms with Crippen LogP contribution >= 0.6 is 23.2 Å². The van der Waals surface area contributed by atoms with Crippen LogP contribution in [-0.4, -0.2) is 17.9 Å². The molecule has 92 valence electrons. The molecule has 0 fully saturated rings. The van der Waals surface area contributed by atoms with E-state index in [-0.39, 0.29) is 21.5 Å². The summed E-state index contributed by atoms with van der Waals surface area (Å²) in [5.41, 5.74) is -0.526. The maximum Gasteiger partial charge on any atom is 0.315 e. The number of nitro groups is 1. The standard InChI is InChI=1S/C9H8Cl2N2O4/c1-4(14)12-6-3-5(10)9(17-2)7(11)8(6)13(15)16/h3H,1-2H3,(H,12,14). The molecule has 1 aromatic carbocycles. The molecule has 0 saturated heterocycles. The van der Waals surface area contributed by atoms with Gasteiger partial charge in [0.2, 0.25) is 5.91 Å². The summed E-state index contributed by atoms with van der Waals surface area (Å²) < 4.78 is 4.85. The van der Waals surface area contributed by atoms with Crippen molar-refractivity contribution in [3.8, 4) is 5.75 Å². The summed E-state index contributed by atoms with van der Waals surface area (Å²) in [6.07, 6.45) is 0. The fourth-order valence-electron chi connectivity index (χ4n) is 1.24. The van der Waals surface area contributed by atoms with Crippen LogP contribution in [0.3, 0.4) is 0 Å². The van der Waals surface area contributed by atoms with Crippen LogP contribution in [0.1, 0.15) is 6.92 Å². The number of halogens is 2. The normalized spacial score (nSPS) is 9.88. The van der Waals surface area contributed by atoms with E-state index in [1.165, 1.54) is 20.1 Å². The highest BCUT2D eigenvalue weighted by molar-refractivity contribution is 6.39. The van der Waals surface area contributed by atoms with Gasteiger partial charge in [-0.2, -0.15) is 0 Å². The zero-order valence-electron chi connectivity index (χ0n) is 8.91. The van der Waals surface area contributed by atoms with Crippen molar-refractivity contribution in [3.05, 3.63) is 26.2 Å². The summed E-state index contributed by atoms with van der Waals surface area (Å²) in [6.45, 7) is 1.22. The monoisotopic (exact) mass is 278 g/mol. The summed E-state index contributed by atoms with van der Waals surface area (Å²) >= 11 is 11.6. The fourth-order valence-corrected chi connectivity index (χ4v) is 1.92. The number of benzene rings is 1. The van der Waals surface area contributed by atoms with Gasteiger partial charge in [0.15, 0.2) is 10.8 Å². The molecule has 8 heteroatoms. The van der Waals surface area contributed by atoms with E-state index in [1.54, 1.807) is 0 Å². The molecule has 0 aliphatic rings. The lowest BCUT2D eigenvalue weighted by Gasteiger charge is -2.10. The van der Waals surface area contributed by atoms with E-state index in [2.05, 4.69) is 5.32 Å². The maximum absolute atomic E-state index is 10.9. The molecular weight excluding hydrogens is 271 g/mol. The third-order valence-corrected chi connectivity index (χ3v) is 2.48. The number of hydrogen-bond acceptors (Lipinski definition) is 4. The number of carbonyl (C=O) groups is 1. The number of hydrogen-bond donors (Lipinski definition) is 1. The van der Waals surface area contributed by atoms with Crippen molar-refractivity contribution >= 4 is 40.5 Å². The van der Waals surface area contributed by atoms with E-state index >= 15 is 0 Å². The van der Waals surface area contributed by atoms with Crippen molar-refractivity contribution in [2.24, 2.45) is 0 Å². The zero-order valence-corrected chi connectivity index (χ0v) is 10.4. The molecule has 0 heterocycles. The van der Waals surface area contributed by atoms with Crippen LogP contribution in [0.15, 0.2) is 6.07 Å². The van der Waals surface area contributed by atoms with Crippen LogP contribution in [0.25, 0.3) is 0 Å². The van der Waals surface area contributed by atoms with E-state index < -0.39 is 16.5 Å². The van der Waals surface area contributed by atoms with Gasteiger partial charge in [-0.3, -0.25) is 14.9 Å². The van der Waals surface area contributed by atoms with Crippen molar-refractivity contribution in [1.82, 2.24) is 0 Å². The van der Waals surface area contributed by atoms with Crippen molar-refractivity contribution in [2.45, 2.75) is 6.92 Å². The number of ether oxygens (including phenoxy) is 1. The third kappa shape index (κ3) is 2.78. The summed E-state index contributed by atoms with van der Waals surface area (Å²) in [5.74, 6) is -0.473. The first kappa shape index (κ1) is 13.5. The molecule has 1 rings (SSSR count). The molecule has 17 heavy (non-hydrogen) atoms. The highest BCUT2D eigenvalue weighted by Gasteiger charge is 2.26. The predicted octanol–water partition coefficient (Wildman–Crippen LogP) is 2.87. The molecule has 1 N–H and O–H groups in total. The Labute approximate surface area is 107 Å². The number of rotatable bonds is 3. The molecule has 0 unspecified atom stereocenters. The van der Waals surface area contributed by atoms with Gasteiger partial charge in [0.25, 0.3) is 0 Å². The molecule has 1 amide bonds. The molecule has 0 bridgehead atoms. The van der Waals surface area contributed by atoms with Gasteiger partial charge in [0.05, 0.1) is 17.1 Å². The lowest BCUT2D eigenvalue weighted by molar-refractivity contribution is -0.383. The number of methoxy groups -OCH3 is 1. The van der Waals surface area contributed by atoms with E-state index in [9.17, 15) is 14.9 Å². The van der Waals surface area contributed by atoms with E-state index in [1.807, 2.05) is 0 Å². The minimum atomic E-state index is -0.716. The number of nitro benzene ring substituents is 1. The van der Waals surface area contributed by atoms with Crippen LogP contribution in [-0.2, 0) is 4.79 Å². The van der Waals surface area contributed by atoms with Crippen LogP contribution in [0.5, 0.6) is 5.75 Å². The molecule has 0 spiro atoms. The van der Waals surface area contributed by atoms with Crippen LogP contribution in [0, 0.1) is 10.1 Å². The number of amides is 1. The average molecular weight is 279 g/mol. The van der Waals surface area contributed by atoms with Crippen molar-refractivity contribution < 1.29 is 14.5 Å². The van der Waals surface area contributed by atoms with Gasteiger partial charge in [0.1, 0.15) is 5.69 Å². The lowest BCUT2D eigenvalue weighted by Crippen LogP contribution is -2.08. The highest BCUT2D eigenvalue weighted by Crippen LogP contribution is 2.44. The van der Waals surface area contributed by atoms with Crippen LogP contribution < -0.4 is 10.1 Å². The first-order valence-corrected chi connectivity index (χ1v) is 5.12. The second kappa shape index (κ2) is 5.20. The van der Waals surface area contributed by atoms with Gasteiger partial charge in [-0.05, 0) is 6.07 Å². The molecular formula is C9H8Cl2N2O4. The Morgan fingerprint density at radius 2 is 2.12 bits per heavy atom. The number of carbonyl (C=O) groups excluding carboxylic acids is 1. The Bertz CT molecular complexity index is 490. The maximum atomic E-state index is 10.9. The first-order valence-electron chi connectivity index (χ1n) is 4.36. The van der Waals surface area contributed by atoms with Crippen LogP contribution in [0.2, 0.25) is 10.0 Å². The van der Waals surface area contributed by atoms with Gasteiger partial charge in [-0.15, -0.1) is 0 Å². The minimum absolute atomic E-state index is 0.00543. The third-order valence-electron chi connectivity index (χ3n) is 1.85. The van der Waals surface area contributed by atoms with Crippen molar-refractivity contribution in [2.75, 3.05) is 12.4 Å². The minimum Gasteiger partial charge on any atom is -0.493 e. The van der Waals surface area contributed by atoms with E-state index in [4.69, 9.17) is 27.9 Å². The number of anilines is 1. The van der Waals surface area contributed by atoms with Gasteiger partial charge in [-0.1, -0.05) is 23.2 Å². The van der Waals surface area contributed by atoms with E-state index in [0.29, 0.717) is 0 Å². The van der Waals surface area contributed by atoms with Gasteiger partial charge < -0.3 is 10.1 Å². The summed E-state index contributed by atoms with van der Waals surface area (Å²) in [5, 5.41) is 13.0. The van der Waals surface area contributed by atoms with Gasteiger partial charge in [-0.25, -0.2) is 0 Å². The number of nitrogens with zero attached hydrogens (tertiary/aromatic N) is 1. The van der Waals surface area contributed by atoms with E-state index in [0.717, 1.165) is 0 Å². The Morgan fingerprint density at radius 3 is 2.53 bits per heavy atom. The van der Waals surface area contributed by atoms with Gasteiger partial charge in [0, 0.05) is 6.92 Å². The average Bonchev–Trinajstić information content (AvgIpc) is 2.15. The Kier molecular flexibility index (Phi) is 4.14. The molecule has 0 aliphatic carbocycles. The molecule has 0 aromatic heterocycles. The fraction of sp³-hybridized carbons (Fsp3) is 0.222.